The van der Waals surface area contributed by atoms with Crippen molar-refractivity contribution in [3.63, 3.8) is 0 Å². The number of nitro benzene ring substituents is 1. The lowest BCUT2D eigenvalue weighted by Gasteiger charge is -2.59. The van der Waals surface area contributed by atoms with Crippen molar-refractivity contribution in [3.05, 3.63) is 135 Å². The molecule has 432 valence electrons. The molecule has 6 aromatic rings. The predicted octanol–water partition coefficient (Wildman–Crippen LogP) is 9.97. The third kappa shape index (κ3) is 10.1. The molecule has 0 radical (unpaired) electrons. The topological polar surface area (TPSA) is 197 Å². The minimum atomic E-state index is -4.73. The van der Waals surface area contributed by atoms with Gasteiger partial charge in [0.25, 0.3) is 21.6 Å². The number of aryl methyl sites for hydroxylation is 1. The lowest BCUT2D eigenvalue weighted by Crippen LogP contribution is -2.60. The Balaban J connectivity index is 0.774. The Morgan fingerprint density at radius 3 is 2.45 bits per heavy atom. The quantitative estimate of drug-likeness (QED) is 0.0773. The van der Waals surface area contributed by atoms with Crippen LogP contribution in [0.4, 0.5) is 37.2 Å². The average molecular weight is 1140 g/mol. The highest BCUT2D eigenvalue weighted by Gasteiger charge is 2.51. The van der Waals surface area contributed by atoms with E-state index in [0.717, 1.165) is 94.0 Å². The van der Waals surface area contributed by atoms with Gasteiger partial charge in [0.1, 0.15) is 24.0 Å². The van der Waals surface area contributed by atoms with E-state index in [9.17, 15) is 32.1 Å². The number of ether oxygens (including phenoxy) is 4. The van der Waals surface area contributed by atoms with E-state index in [-0.39, 0.29) is 71.6 Å². The Kier molecular flexibility index (Phi) is 14.4. The standard InChI is InChI=1S/C61H69F2N9O9S/c1-36(2)57(39-8-11-46(62)47(63)26-39)69-21-22-70(53(33-69)44-7-5-4-6-37(44)3)42-31-61(32-42)16-19-68(20-17-61)41-9-10-45(50(28-41)71-49-15-25-79-35-55(49)81-60-52(71)27-40-12-18-64-58(40)66-60)59(73)67-82(76,77)43-29-51(72(74)75)56-54(30-43)80-34-48(65-56)38-13-23-78-24-14-38/h4-12,18,26-30,36,38,42,48-49,53,55,57,65H,13-17,19-25,31-35H2,1-3H3,(H,64,66)(H,67,73)/t48-,49-,53-,55-,57-/m0/s1. The van der Waals surface area contributed by atoms with Crippen LogP contribution in [0.25, 0.3) is 11.0 Å². The molecule has 1 spiro atoms. The second-order valence-corrected chi connectivity index (χ2v) is 25.6. The zero-order chi connectivity index (χ0) is 56.6. The normalized spacial score (nSPS) is 23.7. The van der Waals surface area contributed by atoms with E-state index in [4.69, 9.17) is 23.9 Å². The number of rotatable bonds is 12. The van der Waals surface area contributed by atoms with Crippen molar-refractivity contribution in [1.29, 1.82) is 0 Å². The van der Waals surface area contributed by atoms with Crippen LogP contribution >= 0.6 is 0 Å². The summed E-state index contributed by atoms with van der Waals surface area (Å²) in [5.41, 5.74) is 5.72. The summed E-state index contributed by atoms with van der Waals surface area (Å²) < 4.78 is 84.1. The number of nitrogens with one attached hydrogen (secondary N) is 3. The molecule has 8 heterocycles. The number of H-pyrrole nitrogens is 1. The van der Waals surface area contributed by atoms with Gasteiger partial charge in [0.15, 0.2) is 23.1 Å². The molecule has 4 saturated heterocycles. The van der Waals surface area contributed by atoms with Gasteiger partial charge in [0.2, 0.25) is 5.88 Å². The molecule has 13 rings (SSSR count). The first kappa shape index (κ1) is 54.3. The van der Waals surface area contributed by atoms with Crippen LogP contribution in [0, 0.1) is 45.9 Å². The molecule has 5 atom stereocenters. The maximum Gasteiger partial charge on any atom is 0.297 e. The van der Waals surface area contributed by atoms with Crippen LogP contribution in [0.15, 0.2) is 96.0 Å². The van der Waals surface area contributed by atoms with E-state index in [1.165, 1.54) is 29.3 Å². The number of fused-ring (bicyclic) bond motifs is 4. The van der Waals surface area contributed by atoms with Gasteiger partial charge in [0, 0.05) is 100 Å². The molecule has 1 amide bonds. The van der Waals surface area contributed by atoms with Crippen LogP contribution < -0.4 is 29.3 Å². The van der Waals surface area contributed by atoms with Crippen LogP contribution in [0.2, 0.25) is 0 Å². The van der Waals surface area contributed by atoms with Gasteiger partial charge in [-0.1, -0.05) is 44.2 Å². The number of piperidine rings is 1. The summed E-state index contributed by atoms with van der Waals surface area (Å²) in [5.74, 6) is -1.90. The van der Waals surface area contributed by atoms with E-state index < -0.39 is 49.2 Å². The maximum atomic E-state index is 14.9. The van der Waals surface area contributed by atoms with Crippen molar-refractivity contribution in [3.8, 4) is 11.6 Å². The molecule has 6 aliphatic heterocycles. The number of halogens is 2. The predicted molar refractivity (Wildman–Crippen MR) is 306 cm³/mol. The molecule has 4 aromatic carbocycles. The number of hydrogen-bond acceptors (Lipinski definition) is 15. The number of nitrogens with zero attached hydrogens (tertiary/aromatic N) is 6. The number of hydrogen-bond donors (Lipinski definition) is 3. The third-order valence-electron chi connectivity index (χ3n) is 18.8. The first-order valence-corrected chi connectivity index (χ1v) is 30.4. The molecule has 2 aromatic heterocycles. The number of carbonyl (C=O) groups excluding carboxylic acids is 1. The van der Waals surface area contributed by atoms with Gasteiger partial charge in [-0.25, -0.2) is 21.9 Å². The van der Waals surface area contributed by atoms with Crippen molar-refractivity contribution in [2.24, 2.45) is 17.3 Å². The van der Waals surface area contributed by atoms with Crippen LogP contribution in [0.3, 0.4) is 0 Å². The van der Waals surface area contributed by atoms with Gasteiger partial charge < -0.3 is 39.0 Å². The van der Waals surface area contributed by atoms with Crippen LogP contribution in [-0.4, -0.2) is 129 Å². The summed E-state index contributed by atoms with van der Waals surface area (Å²) in [6.07, 6.45) is 7.42. The second-order valence-electron chi connectivity index (χ2n) is 23.9. The summed E-state index contributed by atoms with van der Waals surface area (Å²) in [6, 6.07) is 24.4. The minimum absolute atomic E-state index is 0.0129. The summed E-state index contributed by atoms with van der Waals surface area (Å²) in [4.78, 5) is 44.0. The molecule has 1 saturated carbocycles. The highest BCUT2D eigenvalue weighted by Crippen LogP contribution is 2.54. The van der Waals surface area contributed by atoms with Gasteiger partial charge in [-0.2, -0.15) is 4.98 Å². The summed E-state index contributed by atoms with van der Waals surface area (Å²) in [7, 11) is -4.73. The van der Waals surface area contributed by atoms with Gasteiger partial charge in [-0.3, -0.25) is 24.7 Å². The van der Waals surface area contributed by atoms with Crippen molar-refractivity contribution in [1.82, 2.24) is 24.5 Å². The van der Waals surface area contributed by atoms with Crippen molar-refractivity contribution < 1.29 is 45.9 Å². The molecule has 18 nitrogen and oxygen atoms in total. The van der Waals surface area contributed by atoms with Crippen molar-refractivity contribution in [2.75, 3.05) is 80.9 Å². The largest absolute Gasteiger partial charge is 0.489 e. The van der Waals surface area contributed by atoms with Crippen LogP contribution in [0.1, 0.15) is 97.9 Å². The fourth-order valence-electron chi connectivity index (χ4n) is 14.5. The molecule has 0 bridgehead atoms. The smallest absolute Gasteiger partial charge is 0.297 e. The number of piperazine rings is 1. The molecular weight excluding hydrogens is 1070 g/mol. The molecule has 82 heavy (non-hydrogen) atoms. The Hall–Kier alpha value is -6.91. The number of pyridine rings is 1. The third-order valence-corrected chi connectivity index (χ3v) is 20.1. The molecule has 1 aliphatic carbocycles. The van der Waals surface area contributed by atoms with Crippen LogP contribution in [-0.2, 0) is 19.5 Å². The average Bonchev–Trinajstić information content (AvgIpc) is 4.10. The first-order valence-electron chi connectivity index (χ1n) is 28.9. The minimum Gasteiger partial charge on any atom is -0.489 e. The fraction of sp³-hybridized carbons (Fsp3) is 0.475. The Morgan fingerprint density at radius 1 is 0.890 bits per heavy atom. The van der Waals surface area contributed by atoms with Gasteiger partial charge >= 0.3 is 0 Å². The van der Waals surface area contributed by atoms with E-state index in [2.05, 4.69) is 79.7 Å². The molecule has 3 N–H and O–H groups in total. The molecule has 0 unspecified atom stereocenters. The second kappa shape index (κ2) is 21.7. The fourth-order valence-corrected chi connectivity index (χ4v) is 15.5. The van der Waals surface area contributed by atoms with E-state index >= 15 is 0 Å². The van der Waals surface area contributed by atoms with Crippen LogP contribution in [0.5, 0.6) is 11.6 Å². The van der Waals surface area contributed by atoms with Gasteiger partial charge in [0.05, 0.1) is 39.8 Å². The highest BCUT2D eigenvalue weighted by atomic mass is 32.2. The van der Waals surface area contributed by atoms with E-state index in [0.29, 0.717) is 55.2 Å². The number of nitro groups is 1. The molecule has 7 aliphatic rings. The first-order chi connectivity index (χ1) is 39.6. The zero-order valence-electron chi connectivity index (χ0n) is 46.3. The van der Waals surface area contributed by atoms with Gasteiger partial charge in [-0.05, 0) is 128 Å². The Morgan fingerprint density at radius 2 is 1.68 bits per heavy atom. The summed E-state index contributed by atoms with van der Waals surface area (Å²) in [5, 5.41) is 16.7. The molecular formula is C61H69F2N9O9S. The van der Waals surface area contributed by atoms with Gasteiger partial charge in [-0.15, -0.1) is 0 Å². The maximum absolute atomic E-state index is 14.9. The highest BCUT2D eigenvalue weighted by molar-refractivity contribution is 7.90. The number of aromatic amines is 1. The van der Waals surface area contributed by atoms with Crippen molar-refractivity contribution in [2.45, 2.75) is 107 Å². The van der Waals surface area contributed by atoms with Crippen molar-refractivity contribution >= 4 is 55.4 Å². The number of sulfonamides is 1. The summed E-state index contributed by atoms with van der Waals surface area (Å²) in [6.45, 7) is 12.5. The Labute approximate surface area is 475 Å². The SMILES string of the molecule is Cc1ccccc1[C@@H]1CN([C@H](c2ccc(F)c(F)c2)C(C)C)CCN1C1CC2(CCN(c3ccc(C(=O)NS(=O)(=O)c4cc5c(c([N+](=O)[O-])c4)N[C@H](C4CCOCC4)CO5)c(N4c5cc6cc[nH]c6nc5O[C@H]5COCC[C@@H]54)c3)CC2)C1. The molecule has 5 fully saturated rings. The number of benzene rings is 4. The van der Waals surface area contributed by atoms with E-state index in [1.807, 2.05) is 24.3 Å². The lowest BCUT2D eigenvalue weighted by atomic mass is 9.59. The molecule has 21 heteroatoms. The number of amides is 1. The summed E-state index contributed by atoms with van der Waals surface area (Å²) >= 11 is 0. The van der Waals surface area contributed by atoms with E-state index in [1.54, 1.807) is 18.3 Å². The Bertz CT molecular complexity index is 3550. The number of anilines is 4. The lowest BCUT2D eigenvalue weighted by molar-refractivity contribution is -0.384. The zero-order valence-corrected chi connectivity index (χ0v) is 47.1. The number of aromatic nitrogens is 2. The number of carbonyl (C=O) groups is 1. The monoisotopic (exact) mass is 1140 g/mol.